The van der Waals surface area contributed by atoms with Crippen LogP contribution in [-0.2, 0) is 9.19 Å². The van der Waals surface area contributed by atoms with Crippen molar-refractivity contribution in [2.24, 2.45) is 5.92 Å². The van der Waals surface area contributed by atoms with Crippen molar-refractivity contribution >= 4 is 7.60 Å². The molecule has 0 saturated carbocycles. The van der Waals surface area contributed by atoms with E-state index >= 15 is 0 Å². The standard InChI is InChI=1S/C9H22NO3P/c1-4-6-9(7-5-2)8-10-13-14(3,11)12/h9-10H,4-8H2,1-3H3,(H,11,12). The number of hydrogen-bond acceptors (Lipinski definition) is 3. The fraction of sp³-hybridized carbons (Fsp3) is 1.00. The molecule has 1 unspecified atom stereocenters. The zero-order chi connectivity index (χ0) is 11.0. The lowest BCUT2D eigenvalue weighted by atomic mass is 9.99. The first-order valence-electron chi connectivity index (χ1n) is 5.21. The molecule has 0 aromatic heterocycles. The van der Waals surface area contributed by atoms with E-state index < -0.39 is 7.60 Å². The van der Waals surface area contributed by atoms with Gasteiger partial charge in [-0.05, 0) is 18.8 Å². The third-order valence-corrected chi connectivity index (χ3v) is 2.47. The van der Waals surface area contributed by atoms with Crippen LogP contribution in [-0.4, -0.2) is 18.1 Å². The molecule has 0 aliphatic rings. The molecule has 2 N–H and O–H groups in total. The molecule has 0 saturated heterocycles. The number of nitrogens with one attached hydrogen (secondary N) is 1. The summed E-state index contributed by atoms with van der Waals surface area (Å²) in [6.07, 6.45) is 4.53. The molecule has 0 aliphatic carbocycles. The van der Waals surface area contributed by atoms with Gasteiger partial charge in [-0.15, -0.1) is 0 Å². The predicted octanol–water partition coefficient (Wildman–Crippen LogP) is 2.54. The molecule has 0 radical (unpaired) electrons. The largest absolute Gasteiger partial charge is 0.341 e. The second-order valence-corrected chi connectivity index (χ2v) is 5.47. The Morgan fingerprint density at radius 3 is 2.21 bits per heavy atom. The van der Waals surface area contributed by atoms with E-state index in [1.807, 2.05) is 0 Å². The summed E-state index contributed by atoms with van der Waals surface area (Å²) in [5, 5.41) is 0. The van der Waals surface area contributed by atoms with E-state index in [2.05, 4.69) is 24.0 Å². The van der Waals surface area contributed by atoms with Crippen LogP contribution in [0.4, 0.5) is 0 Å². The molecule has 5 heteroatoms. The van der Waals surface area contributed by atoms with Gasteiger partial charge < -0.3 is 4.89 Å². The Morgan fingerprint density at radius 1 is 1.36 bits per heavy atom. The van der Waals surface area contributed by atoms with Crippen LogP contribution in [0.1, 0.15) is 39.5 Å². The summed E-state index contributed by atoms with van der Waals surface area (Å²) in [6, 6.07) is 0. The van der Waals surface area contributed by atoms with Gasteiger partial charge in [0.25, 0.3) is 0 Å². The highest BCUT2D eigenvalue weighted by Gasteiger charge is 2.12. The van der Waals surface area contributed by atoms with Crippen LogP contribution in [0.5, 0.6) is 0 Å². The van der Waals surface area contributed by atoms with Crippen LogP contribution >= 0.6 is 7.60 Å². The van der Waals surface area contributed by atoms with Crippen molar-refractivity contribution < 1.29 is 14.1 Å². The predicted molar refractivity (Wildman–Crippen MR) is 58.1 cm³/mol. The van der Waals surface area contributed by atoms with Crippen molar-refractivity contribution in [3.05, 3.63) is 0 Å². The van der Waals surface area contributed by atoms with E-state index in [-0.39, 0.29) is 0 Å². The summed E-state index contributed by atoms with van der Waals surface area (Å²) in [6.45, 7) is 6.11. The van der Waals surface area contributed by atoms with Gasteiger partial charge in [0.15, 0.2) is 0 Å². The van der Waals surface area contributed by atoms with Crippen LogP contribution < -0.4 is 5.48 Å². The molecule has 0 aliphatic heterocycles. The highest BCUT2D eigenvalue weighted by atomic mass is 31.2. The van der Waals surface area contributed by atoms with Crippen molar-refractivity contribution in [1.29, 1.82) is 0 Å². The van der Waals surface area contributed by atoms with Crippen molar-refractivity contribution in [3.8, 4) is 0 Å². The van der Waals surface area contributed by atoms with Crippen LogP contribution in [0.3, 0.4) is 0 Å². The van der Waals surface area contributed by atoms with E-state index in [9.17, 15) is 4.57 Å². The molecular weight excluding hydrogens is 201 g/mol. The van der Waals surface area contributed by atoms with Crippen molar-refractivity contribution in [1.82, 2.24) is 5.48 Å². The maximum atomic E-state index is 10.8. The molecule has 86 valence electrons. The van der Waals surface area contributed by atoms with E-state index in [1.165, 1.54) is 6.66 Å². The molecule has 0 aromatic carbocycles. The first kappa shape index (κ1) is 14.1. The van der Waals surface area contributed by atoms with Gasteiger partial charge in [-0.2, -0.15) is 5.48 Å². The van der Waals surface area contributed by atoms with Gasteiger partial charge in [-0.3, -0.25) is 4.57 Å². The van der Waals surface area contributed by atoms with Crippen LogP contribution in [0, 0.1) is 5.92 Å². The van der Waals surface area contributed by atoms with E-state index in [1.54, 1.807) is 0 Å². The highest BCUT2D eigenvalue weighted by Crippen LogP contribution is 2.34. The maximum Gasteiger partial charge on any atom is 0.341 e. The minimum atomic E-state index is -3.37. The summed E-state index contributed by atoms with van der Waals surface area (Å²) < 4.78 is 15.4. The van der Waals surface area contributed by atoms with E-state index in [0.29, 0.717) is 12.5 Å². The zero-order valence-corrected chi connectivity index (χ0v) is 10.2. The molecule has 0 rings (SSSR count). The van der Waals surface area contributed by atoms with Crippen LogP contribution in [0.15, 0.2) is 0 Å². The fourth-order valence-corrected chi connectivity index (χ4v) is 1.75. The second kappa shape index (κ2) is 7.41. The topological polar surface area (TPSA) is 58.6 Å². The lowest BCUT2D eigenvalue weighted by molar-refractivity contribution is 0.150. The monoisotopic (exact) mass is 223 g/mol. The van der Waals surface area contributed by atoms with E-state index in [0.717, 1.165) is 25.7 Å². The molecule has 14 heavy (non-hydrogen) atoms. The van der Waals surface area contributed by atoms with Crippen molar-refractivity contribution in [2.45, 2.75) is 39.5 Å². The van der Waals surface area contributed by atoms with Crippen LogP contribution in [0.2, 0.25) is 0 Å². The van der Waals surface area contributed by atoms with Gasteiger partial charge in [0, 0.05) is 13.2 Å². The van der Waals surface area contributed by atoms with Crippen molar-refractivity contribution in [2.75, 3.05) is 13.2 Å². The summed E-state index contributed by atoms with van der Waals surface area (Å²) in [5.41, 5.74) is 2.58. The van der Waals surface area contributed by atoms with Crippen molar-refractivity contribution in [3.63, 3.8) is 0 Å². The van der Waals surface area contributed by atoms with Gasteiger partial charge in [-0.25, -0.2) is 4.62 Å². The number of hydrogen-bond donors (Lipinski definition) is 2. The Kier molecular flexibility index (Phi) is 7.47. The Labute approximate surface area is 86.5 Å². The summed E-state index contributed by atoms with van der Waals surface area (Å²) >= 11 is 0. The summed E-state index contributed by atoms with van der Waals surface area (Å²) in [4.78, 5) is 8.86. The lowest BCUT2D eigenvalue weighted by Crippen LogP contribution is -2.22. The average Bonchev–Trinajstić information content (AvgIpc) is 2.02. The molecule has 1 atom stereocenters. The van der Waals surface area contributed by atoms with Gasteiger partial charge >= 0.3 is 7.60 Å². The van der Waals surface area contributed by atoms with Gasteiger partial charge in [0.1, 0.15) is 0 Å². The summed E-state index contributed by atoms with van der Waals surface area (Å²) in [5.74, 6) is 0.538. The highest BCUT2D eigenvalue weighted by molar-refractivity contribution is 7.51. The van der Waals surface area contributed by atoms with Gasteiger partial charge in [-0.1, -0.05) is 26.7 Å². The Morgan fingerprint density at radius 2 is 1.86 bits per heavy atom. The molecular formula is C9H22NO3P. The molecule has 0 fully saturated rings. The first-order chi connectivity index (χ1) is 6.49. The first-order valence-corrected chi connectivity index (χ1v) is 7.23. The quantitative estimate of drug-likeness (QED) is 0.490. The maximum absolute atomic E-state index is 10.8. The number of hydroxylamine groups is 1. The molecule has 0 aromatic rings. The molecule has 0 heterocycles. The molecule has 0 amide bonds. The zero-order valence-electron chi connectivity index (χ0n) is 9.32. The lowest BCUT2D eigenvalue weighted by Gasteiger charge is -2.16. The Hall–Kier alpha value is 0.110. The Bertz CT molecular complexity index is 175. The molecule has 4 nitrogen and oxygen atoms in total. The third kappa shape index (κ3) is 8.70. The Balaban J connectivity index is 3.65. The van der Waals surface area contributed by atoms with Gasteiger partial charge in [0.05, 0.1) is 0 Å². The average molecular weight is 223 g/mol. The third-order valence-electron chi connectivity index (χ3n) is 2.00. The van der Waals surface area contributed by atoms with Gasteiger partial charge in [0.2, 0.25) is 0 Å². The summed E-state index contributed by atoms with van der Waals surface area (Å²) in [7, 11) is -3.37. The molecule has 0 bridgehead atoms. The minimum Gasteiger partial charge on any atom is -0.324 e. The normalized spacial score (nSPS) is 15.8. The molecule has 0 spiro atoms. The van der Waals surface area contributed by atoms with E-state index in [4.69, 9.17) is 4.89 Å². The number of rotatable bonds is 8. The van der Waals surface area contributed by atoms with Crippen LogP contribution in [0.25, 0.3) is 0 Å². The minimum absolute atomic E-state index is 0.538. The smallest absolute Gasteiger partial charge is 0.324 e. The fourth-order valence-electron chi connectivity index (χ4n) is 1.44. The SMILES string of the molecule is CCCC(CCC)CNOP(C)(=O)O. The second-order valence-electron chi connectivity index (χ2n) is 3.69.